The maximum atomic E-state index is 12.2. The molecule has 1 unspecified atom stereocenters. The van der Waals surface area contributed by atoms with E-state index < -0.39 is 17.9 Å². The third-order valence-electron chi connectivity index (χ3n) is 1.39. The summed E-state index contributed by atoms with van der Waals surface area (Å²) in [4.78, 5) is 10.3. The lowest BCUT2D eigenvalue weighted by atomic mass is 10.1. The van der Waals surface area contributed by atoms with E-state index in [1.54, 1.807) is 0 Å². The van der Waals surface area contributed by atoms with Crippen LogP contribution in [-0.2, 0) is 4.79 Å². The van der Waals surface area contributed by atoms with Crippen molar-refractivity contribution in [1.29, 1.82) is 0 Å². The minimum atomic E-state index is -1.03. The van der Waals surface area contributed by atoms with Crippen LogP contribution in [0.1, 0.15) is 18.6 Å². The summed E-state index contributed by atoms with van der Waals surface area (Å²) < 4.78 is 16.7. The molecule has 1 atom stereocenters. The first-order valence-electron chi connectivity index (χ1n) is 3.09. The molecular formula is C7H7FO3. The van der Waals surface area contributed by atoms with E-state index in [-0.39, 0.29) is 5.76 Å². The fourth-order valence-corrected chi connectivity index (χ4v) is 0.683. The number of halogens is 1. The minimum Gasteiger partial charge on any atom is -0.481 e. The number of carbonyl (C=O) groups is 1. The van der Waals surface area contributed by atoms with Gasteiger partial charge in [0.1, 0.15) is 11.7 Å². The summed E-state index contributed by atoms with van der Waals surface area (Å²) in [6, 6.07) is 1.65. The Kier molecular flexibility index (Phi) is 1.94. The Balaban J connectivity index is 2.84. The molecule has 0 saturated heterocycles. The Hall–Kier alpha value is -1.32. The van der Waals surface area contributed by atoms with E-state index in [0.717, 1.165) is 6.07 Å². The molecular weight excluding hydrogens is 151 g/mol. The Morgan fingerprint density at radius 1 is 1.73 bits per heavy atom. The number of carboxylic acids is 1. The summed E-state index contributed by atoms with van der Waals surface area (Å²) in [6.07, 6.45) is 0. The molecule has 0 aliphatic heterocycles. The third kappa shape index (κ3) is 1.58. The summed E-state index contributed by atoms with van der Waals surface area (Å²) in [5, 5.41) is 8.46. The Morgan fingerprint density at radius 2 is 2.36 bits per heavy atom. The second-order valence-corrected chi connectivity index (χ2v) is 2.20. The van der Waals surface area contributed by atoms with Gasteiger partial charge in [-0.3, -0.25) is 4.79 Å². The summed E-state index contributed by atoms with van der Waals surface area (Å²) >= 11 is 0. The molecule has 60 valence electrons. The van der Waals surface area contributed by atoms with Crippen molar-refractivity contribution in [2.24, 2.45) is 0 Å². The van der Waals surface area contributed by atoms with Gasteiger partial charge in [-0.2, -0.15) is 4.39 Å². The highest BCUT2D eigenvalue weighted by atomic mass is 19.1. The maximum absolute atomic E-state index is 12.2. The highest BCUT2D eigenvalue weighted by molar-refractivity contribution is 5.74. The largest absolute Gasteiger partial charge is 0.481 e. The molecule has 11 heavy (non-hydrogen) atoms. The monoisotopic (exact) mass is 158 g/mol. The molecule has 0 amide bonds. The van der Waals surface area contributed by atoms with Crippen molar-refractivity contribution in [1.82, 2.24) is 0 Å². The molecule has 0 fully saturated rings. The molecule has 1 heterocycles. The lowest BCUT2D eigenvalue weighted by molar-refractivity contribution is -0.138. The van der Waals surface area contributed by atoms with Crippen molar-refractivity contribution in [2.45, 2.75) is 12.8 Å². The number of hydrogen-bond donors (Lipinski definition) is 1. The van der Waals surface area contributed by atoms with Gasteiger partial charge in [0.05, 0.1) is 0 Å². The smallest absolute Gasteiger partial charge is 0.313 e. The maximum Gasteiger partial charge on any atom is 0.313 e. The van der Waals surface area contributed by atoms with Crippen LogP contribution < -0.4 is 0 Å². The zero-order chi connectivity index (χ0) is 8.43. The number of furan rings is 1. The van der Waals surface area contributed by atoms with Crippen molar-refractivity contribution >= 4 is 5.97 Å². The Labute approximate surface area is 62.4 Å². The molecule has 0 bridgehead atoms. The average molecular weight is 158 g/mol. The van der Waals surface area contributed by atoms with Crippen LogP contribution in [0.25, 0.3) is 0 Å². The molecule has 0 radical (unpaired) electrons. The van der Waals surface area contributed by atoms with Crippen LogP contribution >= 0.6 is 0 Å². The molecule has 3 nitrogen and oxygen atoms in total. The number of carboxylic acid groups (broad SMARTS) is 1. The van der Waals surface area contributed by atoms with Gasteiger partial charge in [0.25, 0.3) is 6.01 Å². The predicted molar refractivity (Wildman–Crippen MR) is 34.7 cm³/mol. The van der Waals surface area contributed by atoms with Crippen molar-refractivity contribution in [3.63, 3.8) is 0 Å². The fourth-order valence-electron chi connectivity index (χ4n) is 0.683. The molecule has 4 heteroatoms. The molecule has 1 rings (SSSR count). The van der Waals surface area contributed by atoms with Gasteiger partial charge in [-0.1, -0.05) is 0 Å². The van der Waals surface area contributed by atoms with E-state index in [0.29, 0.717) is 0 Å². The second-order valence-electron chi connectivity index (χ2n) is 2.20. The van der Waals surface area contributed by atoms with Gasteiger partial charge in [-0.15, -0.1) is 0 Å². The second kappa shape index (κ2) is 2.74. The van der Waals surface area contributed by atoms with Crippen molar-refractivity contribution in [3.05, 3.63) is 23.9 Å². The van der Waals surface area contributed by atoms with Crippen molar-refractivity contribution in [2.75, 3.05) is 0 Å². The van der Waals surface area contributed by atoms with Crippen LogP contribution in [0.3, 0.4) is 0 Å². The first-order chi connectivity index (χ1) is 5.11. The molecule has 0 saturated carbocycles. The van der Waals surface area contributed by atoms with Gasteiger partial charge in [0, 0.05) is 6.07 Å². The number of hydrogen-bond acceptors (Lipinski definition) is 2. The zero-order valence-electron chi connectivity index (χ0n) is 5.87. The van der Waals surface area contributed by atoms with Gasteiger partial charge in [-0.05, 0) is 13.0 Å². The van der Waals surface area contributed by atoms with E-state index >= 15 is 0 Å². The molecule has 0 aliphatic rings. The third-order valence-corrected chi connectivity index (χ3v) is 1.39. The predicted octanol–water partition coefficient (Wildman–Crippen LogP) is 1.61. The first-order valence-corrected chi connectivity index (χ1v) is 3.09. The molecule has 0 spiro atoms. The molecule has 1 aromatic heterocycles. The Morgan fingerprint density at radius 3 is 2.73 bits per heavy atom. The Bertz CT molecular complexity index is 266. The van der Waals surface area contributed by atoms with Crippen molar-refractivity contribution in [3.8, 4) is 0 Å². The topological polar surface area (TPSA) is 50.4 Å². The minimum absolute atomic E-state index is 0.134. The number of rotatable bonds is 2. The highest BCUT2D eigenvalue weighted by Crippen LogP contribution is 2.17. The van der Waals surface area contributed by atoms with Crippen LogP contribution in [0.2, 0.25) is 0 Å². The summed E-state index contributed by atoms with van der Waals surface area (Å²) in [5.74, 6) is -1.69. The van der Waals surface area contributed by atoms with Crippen LogP contribution in [0.5, 0.6) is 0 Å². The molecule has 0 aliphatic carbocycles. The molecule has 0 aromatic carbocycles. The standard InChI is InChI=1S/C7H7FO3/c1-4(7(9)10)5-2-3-6(8)11-5/h2-4H,1H3,(H,9,10). The summed E-state index contributed by atoms with van der Waals surface area (Å²) in [6.45, 7) is 1.43. The lowest BCUT2D eigenvalue weighted by Gasteiger charge is -1.98. The average Bonchev–Trinajstić information content (AvgIpc) is 2.34. The van der Waals surface area contributed by atoms with E-state index in [4.69, 9.17) is 5.11 Å². The summed E-state index contributed by atoms with van der Waals surface area (Å²) in [7, 11) is 0. The van der Waals surface area contributed by atoms with Crippen LogP contribution in [0.4, 0.5) is 4.39 Å². The van der Waals surface area contributed by atoms with Crippen molar-refractivity contribution < 1.29 is 18.7 Å². The van der Waals surface area contributed by atoms with Gasteiger partial charge < -0.3 is 9.52 Å². The zero-order valence-corrected chi connectivity index (χ0v) is 5.87. The summed E-state index contributed by atoms with van der Waals surface area (Å²) in [5.41, 5.74) is 0. The van der Waals surface area contributed by atoms with E-state index in [2.05, 4.69) is 4.42 Å². The fraction of sp³-hybridized carbons (Fsp3) is 0.286. The van der Waals surface area contributed by atoms with Gasteiger partial charge in [0.15, 0.2) is 0 Å². The van der Waals surface area contributed by atoms with E-state index in [1.807, 2.05) is 0 Å². The number of aliphatic carboxylic acids is 1. The highest BCUT2D eigenvalue weighted by Gasteiger charge is 2.17. The quantitative estimate of drug-likeness (QED) is 0.711. The first kappa shape index (κ1) is 7.78. The van der Waals surface area contributed by atoms with Gasteiger partial charge in [-0.25, -0.2) is 0 Å². The van der Waals surface area contributed by atoms with Gasteiger partial charge >= 0.3 is 5.97 Å². The van der Waals surface area contributed by atoms with Gasteiger partial charge in [0.2, 0.25) is 0 Å². The van der Waals surface area contributed by atoms with Crippen LogP contribution in [0.15, 0.2) is 16.5 Å². The van der Waals surface area contributed by atoms with E-state index in [9.17, 15) is 9.18 Å². The lowest BCUT2D eigenvalue weighted by Crippen LogP contribution is -2.05. The SMILES string of the molecule is CC(C(=O)O)c1ccc(F)o1. The molecule has 1 N–H and O–H groups in total. The molecule has 1 aromatic rings. The normalized spacial score (nSPS) is 12.9. The van der Waals surface area contributed by atoms with Crippen LogP contribution in [0, 0.1) is 6.01 Å². The van der Waals surface area contributed by atoms with E-state index in [1.165, 1.54) is 13.0 Å². The van der Waals surface area contributed by atoms with Crippen LogP contribution in [-0.4, -0.2) is 11.1 Å².